The van der Waals surface area contributed by atoms with Gasteiger partial charge in [-0.1, -0.05) is 210 Å². The van der Waals surface area contributed by atoms with Crippen LogP contribution < -0.4 is 0 Å². The van der Waals surface area contributed by atoms with Crippen molar-refractivity contribution in [3.63, 3.8) is 0 Å². The van der Waals surface area contributed by atoms with Crippen LogP contribution in [0.2, 0.25) is 0 Å². The van der Waals surface area contributed by atoms with Crippen LogP contribution in [0.1, 0.15) is 245 Å². The highest BCUT2D eigenvalue weighted by molar-refractivity contribution is 6.18. The number of carboxylic acids is 4. The van der Waals surface area contributed by atoms with E-state index >= 15 is 0 Å². The molecule has 78 heavy (non-hydrogen) atoms. The Bertz CT molecular complexity index is 1730. The van der Waals surface area contributed by atoms with Crippen LogP contribution in [0.15, 0.2) is 110 Å². The fraction of sp³-hybridized carbons (Fsp3) is 0.606. The first-order chi connectivity index (χ1) is 37.5. The quantitative estimate of drug-likeness (QED) is 0.0122. The van der Waals surface area contributed by atoms with Gasteiger partial charge < -0.3 is 35.4 Å². The average molecular weight is 1110 g/mol. The fourth-order valence-corrected chi connectivity index (χ4v) is 7.49. The van der Waals surface area contributed by atoms with E-state index in [1.807, 2.05) is 24.3 Å². The summed E-state index contributed by atoms with van der Waals surface area (Å²) >= 11 is 5.27. The Labute approximate surface area is 478 Å². The molecule has 0 aliphatic carbocycles. The molecule has 1 unspecified atom stereocenters. The normalized spacial score (nSPS) is 12.5. The molecule has 1 aliphatic rings. The van der Waals surface area contributed by atoms with Crippen molar-refractivity contribution >= 4 is 35.5 Å². The largest absolute Gasteiger partial charge is 0.508 e. The molecule has 0 bridgehead atoms. The summed E-state index contributed by atoms with van der Waals surface area (Å²) in [4.78, 5) is 40.0. The number of unbranched alkanes of at least 4 members (excludes halogenated alkanes) is 21. The van der Waals surface area contributed by atoms with Gasteiger partial charge in [0.2, 0.25) is 0 Å². The third-order valence-corrected chi connectivity index (χ3v) is 12.7. The molecular formula is C66H107ClO11. The van der Waals surface area contributed by atoms with Crippen molar-refractivity contribution in [2.24, 2.45) is 0 Å². The zero-order valence-electron chi connectivity index (χ0n) is 49.0. The van der Waals surface area contributed by atoms with E-state index in [2.05, 4.69) is 89.8 Å². The minimum absolute atomic E-state index is 0.151. The maximum atomic E-state index is 10.3. The van der Waals surface area contributed by atoms with E-state index in [9.17, 15) is 29.4 Å². The van der Waals surface area contributed by atoms with E-state index in [1.54, 1.807) is 24.3 Å². The lowest BCUT2D eigenvalue weighted by molar-refractivity contribution is -0.138. The minimum Gasteiger partial charge on any atom is -0.508 e. The number of aliphatic carboxylic acids is 4. The molecule has 0 amide bonds. The van der Waals surface area contributed by atoms with Gasteiger partial charge in [-0.25, -0.2) is 4.79 Å². The lowest BCUT2D eigenvalue weighted by Gasteiger charge is -2.26. The molecule has 0 spiro atoms. The molecule has 1 saturated heterocycles. The third-order valence-electron chi connectivity index (χ3n) is 12.4. The number of hydrogen-bond donors (Lipinski definition) is 6. The zero-order valence-corrected chi connectivity index (χ0v) is 49.8. The van der Waals surface area contributed by atoms with Crippen LogP contribution in [0.25, 0.3) is 0 Å². The molecule has 12 heteroatoms. The predicted molar refractivity (Wildman–Crippen MR) is 326 cm³/mol. The Morgan fingerprint density at radius 3 is 0.987 bits per heavy atom. The fourth-order valence-electron chi connectivity index (χ4n) is 7.31. The number of hydrogen-bond acceptors (Lipinski definition) is 7. The topological polar surface area (TPSA) is 202 Å². The summed E-state index contributed by atoms with van der Waals surface area (Å²) in [5.74, 6) is -1.78. The lowest BCUT2D eigenvalue weighted by Crippen LogP contribution is -2.18. The molecule has 444 valence electrons. The van der Waals surface area contributed by atoms with Crippen LogP contribution in [0.4, 0.5) is 0 Å². The zero-order chi connectivity index (χ0) is 58.8. The number of carboxylic acid groups (broad SMARTS) is 4. The summed E-state index contributed by atoms with van der Waals surface area (Å²) in [6.07, 6.45) is 53.0. The molecule has 1 atom stereocenters. The van der Waals surface area contributed by atoms with Gasteiger partial charge in [-0.3, -0.25) is 14.4 Å². The lowest BCUT2D eigenvalue weighted by atomic mass is 9.78. The van der Waals surface area contributed by atoms with Gasteiger partial charge in [0.05, 0.1) is 18.6 Å². The summed E-state index contributed by atoms with van der Waals surface area (Å²) in [5.41, 5.74) is 2.10. The molecular weight excluding hydrogens is 1000 g/mol. The van der Waals surface area contributed by atoms with Gasteiger partial charge in [0, 0.05) is 30.8 Å². The molecule has 2 aromatic rings. The number of epoxide rings is 1. The number of phenols is 2. The minimum atomic E-state index is -0.981. The summed E-state index contributed by atoms with van der Waals surface area (Å²) in [6.45, 7) is 14.7. The average Bonchev–Trinajstić information content (AvgIpc) is 4.26. The number of benzene rings is 2. The first kappa shape index (κ1) is 77.1. The highest BCUT2D eigenvalue weighted by atomic mass is 35.5. The Morgan fingerprint density at radius 2 is 0.744 bits per heavy atom. The maximum absolute atomic E-state index is 10.3. The predicted octanol–water partition coefficient (Wildman–Crippen LogP) is 18.9. The monoisotopic (exact) mass is 1110 g/mol. The Hall–Kier alpha value is -5.13. The highest BCUT2D eigenvalue weighted by Gasteiger charge is 2.23. The van der Waals surface area contributed by atoms with Crippen LogP contribution in [-0.2, 0) is 29.3 Å². The van der Waals surface area contributed by atoms with Crippen molar-refractivity contribution in [3.05, 3.63) is 121 Å². The molecule has 0 saturated carbocycles. The summed E-state index contributed by atoms with van der Waals surface area (Å²) in [5, 5.41) is 51.5. The molecule has 0 radical (unpaired) electrons. The van der Waals surface area contributed by atoms with Crippen molar-refractivity contribution < 1.29 is 54.6 Å². The standard InChI is InChI=1S/2C18H32O2.C15H16O2.C9H18O2.C3H5ClO.C3H4O2/c2*1-2-3-4-5-6-7-8-9-10-11-12-13-14-15-16-17-18(19)20;1-15(2,11-3-7-13(16)8-4-11)12-5-9-14(17)10-6-12;1-2-3-4-5-6-7-8-9(10)11;4-1-3-2-5-3;1-2-3(4)5/h2*6-7,9-10H,2-5,8,11-17H2,1H3,(H,19,20);3-10,16-17H,1-2H3;2-8H2,1H3,(H,10,11);3H,1-2H2;2H,1H2,(H,4,5)/b2*7-6-,10-9-;;;;. The van der Waals surface area contributed by atoms with Crippen LogP contribution in [-0.4, -0.2) is 73.1 Å². The van der Waals surface area contributed by atoms with E-state index in [-0.39, 0.29) is 16.9 Å². The van der Waals surface area contributed by atoms with Crippen molar-refractivity contribution in [3.8, 4) is 11.5 Å². The van der Waals surface area contributed by atoms with E-state index < -0.39 is 23.9 Å². The van der Waals surface area contributed by atoms with E-state index in [1.165, 1.54) is 116 Å². The molecule has 1 aliphatic heterocycles. The van der Waals surface area contributed by atoms with Crippen LogP contribution in [0.5, 0.6) is 11.5 Å². The van der Waals surface area contributed by atoms with Gasteiger partial charge in [0.15, 0.2) is 0 Å². The number of halogens is 1. The van der Waals surface area contributed by atoms with Gasteiger partial charge in [0.1, 0.15) is 11.5 Å². The molecule has 0 aromatic heterocycles. The van der Waals surface area contributed by atoms with E-state index in [0.717, 1.165) is 88.0 Å². The molecule has 2 aromatic carbocycles. The Morgan fingerprint density at radius 1 is 0.487 bits per heavy atom. The number of alkyl halides is 1. The number of allylic oxidation sites excluding steroid dienone is 8. The summed E-state index contributed by atoms with van der Waals surface area (Å²) in [7, 11) is 0. The van der Waals surface area contributed by atoms with Crippen molar-refractivity contribution in [2.75, 3.05) is 12.5 Å². The maximum Gasteiger partial charge on any atom is 0.327 e. The third kappa shape index (κ3) is 60.1. The molecule has 11 nitrogen and oxygen atoms in total. The molecule has 3 rings (SSSR count). The second-order valence-corrected chi connectivity index (χ2v) is 20.3. The molecule has 1 fully saturated rings. The Kier molecular flexibility index (Phi) is 57.4. The van der Waals surface area contributed by atoms with Gasteiger partial charge in [-0.15, -0.1) is 11.6 Å². The van der Waals surface area contributed by atoms with Crippen LogP contribution in [0, 0.1) is 0 Å². The van der Waals surface area contributed by atoms with Gasteiger partial charge in [-0.2, -0.15) is 0 Å². The van der Waals surface area contributed by atoms with Crippen LogP contribution >= 0.6 is 11.6 Å². The molecule has 6 N–H and O–H groups in total. The van der Waals surface area contributed by atoms with Crippen molar-refractivity contribution in [1.82, 2.24) is 0 Å². The van der Waals surface area contributed by atoms with E-state index in [4.69, 9.17) is 36.8 Å². The second kappa shape index (κ2) is 58.0. The van der Waals surface area contributed by atoms with Crippen molar-refractivity contribution in [1.29, 1.82) is 0 Å². The number of ether oxygens (including phenoxy) is 1. The number of phenolic OH excluding ortho intramolecular Hbond substituents is 2. The number of rotatable bonds is 39. The summed E-state index contributed by atoms with van der Waals surface area (Å²) < 4.78 is 4.73. The summed E-state index contributed by atoms with van der Waals surface area (Å²) in [6, 6.07) is 14.4. The van der Waals surface area contributed by atoms with E-state index in [0.29, 0.717) is 31.2 Å². The first-order valence-electron chi connectivity index (χ1n) is 29.4. The number of carbonyl (C=O) groups is 4. The Balaban J connectivity index is -0.000000917. The van der Waals surface area contributed by atoms with Gasteiger partial charge in [0.25, 0.3) is 0 Å². The highest BCUT2D eigenvalue weighted by Crippen LogP contribution is 2.33. The first-order valence-corrected chi connectivity index (χ1v) is 29.9. The smallest absolute Gasteiger partial charge is 0.327 e. The number of aromatic hydroxyl groups is 2. The van der Waals surface area contributed by atoms with Gasteiger partial charge in [-0.05, 0) is 119 Å². The molecule has 1 heterocycles. The van der Waals surface area contributed by atoms with Crippen LogP contribution in [0.3, 0.4) is 0 Å². The second-order valence-electron chi connectivity index (χ2n) is 20.0. The van der Waals surface area contributed by atoms with Crippen molar-refractivity contribution in [2.45, 2.75) is 245 Å². The SMILES string of the molecule is C=CC(=O)O.CC(C)(c1ccc(O)cc1)c1ccc(O)cc1.CCCCC/C=C\C/C=C\CCCCCCCC(=O)O.CCCCC/C=C\C/C=C\CCCCCCCC(=O)O.CCCCCCCCC(=O)O.ClCC1CO1. The van der Waals surface area contributed by atoms with Gasteiger partial charge >= 0.3 is 23.9 Å².